The Morgan fingerprint density at radius 3 is 2.03 bits per heavy atom. The van der Waals surface area contributed by atoms with E-state index in [0.29, 0.717) is 15.6 Å². The van der Waals surface area contributed by atoms with Crippen molar-refractivity contribution in [1.82, 2.24) is 10.2 Å². The van der Waals surface area contributed by atoms with E-state index in [-0.39, 0.29) is 28.3 Å². The van der Waals surface area contributed by atoms with Gasteiger partial charge in [-0.2, -0.15) is 0 Å². The second-order valence-electron chi connectivity index (χ2n) is 7.93. The number of hydrogen-bond donors (Lipinski definition) is 1. The minimum Gasteiger partial charge on any atom is -0.352 e. The fourth-order valence-electron chi connectivity index (χ4n) is 3.10. The summed E-state index contributed by atoms with van der Waals surface area (Å²) in [5.41, 5.74) is 0.587. The lowest BCUT2D eigenvalue weighted by Gasteiger charge is -2.32. The van der Waals surface area contributed by atoms with E-state index in [1.165, 1.54) is 23.1 Å². The first-order valence-electron chi connectivity index (χ1n) is 10.2. The number of benzene rings is 2. The minimum atomic E-state index is -3.90. The molecule has 1 unspecified atom stereocenters. The summed E-state index contributed by atoms with van der Waals surface area (Å²) in [6.45, 7) is 4.43. The van der Waals surface area contributed by atoms with E-state index in [9.17, 15) is 18.0 Å². The van der Waals surface area contributed by atoms with Crippen molar-refractivity contribution in [2.75, 3.05) is 17.1 Å². The molecule has 0 fully saturated rings. The maximum atomic E-state index is 13.5. The lowest BCUT2D eigenvalue weighted by atomic mass is 10.1. The maximum Gasteiger partial charge on any atom is 0.244 e. The highest BCUT2D eigenvalue weighted by molar-refractivity contribution is 7.92. The van der Waals surface area contributed by atoms with E-state index >= 15 is 0 Å². The second-order valence-corrected chi connectivity index (χ2v) is 11.5. The molecule has 0 radical (unpaired) electrons. The van der Waals surface area contributed by atoms with E-state index < -0.39 is 34.4 Å². The molecule has 2 rings (SSSR count). The van der Waals surface area contributed by atoms with E-state index in [1.54, 1.807) is 39.0 Å². The highest BCUT2D eigenvalue weighted by Crippen LogP contribution is 2.30. The van der Waals surface area contributed by atoms with E-state index in [4.69, 9.17) is 46.4 Å². The first-order valence-corrected chi connectivity index (χ1v) is 13.5. The number of amides is 2. The van der Waals surface area contributed by atoms with Crippen LogP contribution in [-0.4, -0.2) is 50.0 Å². The van der Waals surface area contributed by atoms with Gasteiger partial charge in [-0.05, 0) is 51.1 Å². The molecule has 2 amide bonds. The van der Waals surface area contributed by atoms with Gasteiger partial charge in [-0.25, -0.2) is 8.42 Å². The van der Waals surface area contributed by atoms with Crippen LogP contribution in [0.3, 0.4) is 0 Å². The fourth-order valence-corrected chi connectivity index (χ4v) is 4.75. The summed E-state index contributed by atoms with van der Waals surface area (Å²) in [5, 5.41) is 3.75. The molecule has 12 heteroatoms. The highest BCUT2D eigenvalue weighted by Gasteiger charge is 2.31. The number of carbonyl (C=O) groups is 2. The van der Waals surface area contributed by atoms with Crippen molar-refractivity contribution in [3.63, 3.8) is 0 Å². The van der Waals surface area contributed by atoms with Crippen LogP contribution in [0.25, 0.3) is 0 Å². The Labute approximate surface area is 220 Å². The van der Waals surface area contributed by atoms with Gasteiger partial charge in [0.05, 0.1) is 22.0 Å². The molecule has 7 nitrogen and oxygen atoms in total. The van der Waals surface area contributed by atoms with Crippen LogP contribution in [0.2, 0.25) is 20.1 Å². The third-order valence-electron chi connectivity index (χ3n) is 4.86. The quantitative estimate of drug-likeness (QED) is 0.461. The number of halogens is 4. The molecule has 1 N–H and O–H groups in total. The van der Waals surface area contributed by atoms with Gasteiger partial charge in [-0.3, -0.25) is 13.9 Å². The minimum absolute atomic E-state index is 0.108. The number of nitrogens with one attached hydrogen (secondary N) is 1. The number of anilines is 1. The lowest BCUT2D eigenvalue weighted by molar-refractivity contribution is -0.139. The maximum absolute atomic E-state index is 13.5. The van der Waals surface area contributed by atoms with E-state index in [1.807, 2.05) is 0 Å². The van der Waals surface area contributed by atoms with Crippen LogP contribution >= 0.6 is 46.4 Å². The molecule has 1 atom stereocenters. The molecule has 0 aliphatic rings. The number of carbonyl (C=O) groups excluding carboxylic acids is 2. The van der Waals surface area contributed by atoms with Crippen molar-refractivity contribution in [3.05, 3.63) is 62.1 Å². The zero-order valence-corrected chi connectivity index (χ0v) is 22.8. The van der Waals surface area contributed by atoms with Crippen molar-refractivity contribution < 1.29 is 18.0 Å². The number of nitrogens with zero attached hydrogens (tertiary/aromatic N) is 2. The highest BCUT2D eigenvalue weighted by atomic mass is 35.5. The van der Waals surface area contributed by atoms with Crippen LogP contribution in [0.1, 0.15) is 26.3 Å². The third kappa shape index (κ3) is 7.39. The normalized spacial score (nSPS) is 12.4. The molecule has 186 valence electrons. The number of hydrogen-bond acceptors (Lipinski definition) is 4. The van der Waals surface area contributed by atoms with E-state index in [0.717, 1.165) is 10.6 Å². The SMILES string of the molecule is CC(C)NC(=O)C(C)N(Cc1c(Cl)cccc1Cl)C(=O)CN(c1ccc(Cl)c(Cl)c1)S(C)(=O)=O. The smallest absolute Gasteiger partial charge is 0.244 e. The van der Waals surface area contributed by atoms with Gasteiger partial charge in [0.25, 0.3) is 0 Å². The standard InChI is InChI=1S/C22H25Cl4N3O4S/c1-13(2)27-22(31)14(3)28(11-16-17(23)6-5-7-18(16)24)21(30)12-29(34(4,32)33)15-8-9-19(25)20(26)10-15/h5-10,13-14H,11-12H2,1-4H3,(H,27,31). The number of sulfonamides is 1. The van der Waals surface area contributed by atoms with Gasteiger partial charge >= 0.3 is 0 Å². The monoisotopic (exact) mass is 567 g/mol. The van der Waals surface area contributed by atoms with Gasteiger partial charge < -0.3 is 10.2 Å². The summed E-state index contributed by atoms with van der Waals surface area (Å²) in [6.07, 6.45) is 0.965. The Morgan fingerprint density at radius 1 is 0.941 bits per heavy atom. The molecule has 0 aliphatic carbocycles. The summed E-state index contributed by atoms with van der Waals surface area (Å²) >= 11 is 24.6. The Morgan fingerprint density at radius 2 is 1.53 bits per heavy atom. The molecule has 2 aromatic carbocycles. The predicted molar refractivity (Wildman–Crippen MR) is 138 cm³/mol. The van der Waals surface area contributed by atoms with Gasteiger partial charge in [0, 0.05) is 28.2 Å². The summed E-state index contributed by atoms with van der Waals surface area (Å²) in [6, 6.07) is 7.99. The lowest BCUT2D eigenvalue weighted by Crippen LogP contribution is -2.52. The summed E-state index contributed by atoms with van der Waals surface area (Å²) < 4.78 is 26.0. The topological polar surface area (TPSA) is 86.8 Å². The molecule has 0 bridgehead atoms. The molecular weight excluding hydrogens is 544 g/mol. The van der Waals surface area contributed by atoms with Crippen molar-refractivity contribution in [3.8, 4) is 0 Å². The zero-order valence-electron chi connectivity index (χ0n) is 19.0. The molecule has 2 aromatic rings. The molecule has 0 saturated heterocycles. The predicted octanol–water partition coefficient (Wildman–Crippen LogP) is 5.01. The third-order valence-corrected chi connectivity index (χ3v) is 7.45. The van der Waals surface area contributed by atoms with Crippen molar-refractivity contribution in [1.29, 1.82) is 0 Å². The second kappa shape index (κ2) is 11.8. The van der Waals surface area contributed by atoms with Crippen LogP contribution < -0.4 is 9.62 Å². The molecule has 0 saturated carbocycles. The Hall–Kier alpha value is -1.71. The van der Waals surface area contributed by atoms with E-state index in [2.05, 4.69) is 5.32 Å². The van der Waals surface area contributed by atoms with Crippen LogP contribution in [0.5, 0.6) is 0 Å². The molecular formula is C22H25Cl4N3O4S. The Bertz CT molecular complexity index is 1150. The Balaban J connectivity index is 2.47. The fraction of sp³-hybridized carbons (Fsp3) is 0.364. The van der Waals surface area contributed by atoms with Crippen LogP contribution in [0, 0.1) is 0 Å². The van der Waals surface area contributed by atoms with Crippen LogP contribution in [0.15, 0.2) is 36.4 Å². The first-order chi connectivity index (χ1) is 15.7. The van der Waals surface area contributed by atoms with Crippen molar-refractivity contribution in [2.45, 2.75) is 39.4 Å². The van der Waals surface area contributed by atoms with Gasteiger partial charge in [0.1, 0.15) is 12.6 Å². The first kappa shape index (κ1) is 28.5. The molecule has 0 spiro atoms. The zero-order chi connectivity index (χ0) is 25.8. The molecule has 0 heterocycles. The van der Waals surface area contributed by atoms with Crippen molar-refractivity contribution >= 4 is 73.9 Å². The van der Waals surface area contributed by atoms with Gasteiger partial charge in [-0.15, -0.1) is 0 Å². The Kier molecular flexibility index (Phi) is 9.91. The molecule has 0 aromatic heterocycles. The largest absolute Gasteiger partial charge is 0.352 e. The number of rotatable bonds is 9. The average Bonchev–Trinajstić information content (AvgIpc) is 2.72. The summed E-state index contributed by atoms with van der Waals surface area (Å²) in [4.78, 5) is 27.5. The van der Waals surface area contributed by atoms with Gasteiger partial charge in [0.2, 0.25) is 21.8 Å². The average molecular weight is 569 g/mol. The van der Waals surface area contributed by atoms with Crippen molar-refractivity contribution in [2.24, 2.45) is 0 Å². The molecule has 34 heavy (non-hydrogen) atoms. The van der Waals surface area contributed by atoms with Crippen LogP contribution in [0.4, 0.5) is 5.69 Å². The summed E-state index contributed by atoms with van der Waals surface area (Å²) in [5.74, 6) is -1.05. The summed E-state index contributed by atoms with van der Waals surface area (Å²) in [7, 11) is -3.90. The molecule has 0 aliphatic heterocycles. The van der Waals surface area contributed by atoms with Crippen LogP contribution in [-0.2, 0) is 26.2 Å². The van der Waals surface area contributed by atoms with Gasteiger partial charge in [-0.1, -0.05) is 52.5 Å². The van der Waals surface area contributed by atoms with Gasteiger partial charge in [0.15, 0.2) is 0 Å².